The maximum absolute atomic E-state index is 14.1. The van der Waals surface area contributed by atoms with Crippen molar-refractivity contribution in [3.63, 3.8) is 0 Å². The molecule has 0 saturated heterocycles. The number of amidine groups is 1. The first-order valence-corrected chi connectivity index (χ1v) is 8.20. The van der Waals surface area contributed by atoms with Crippen LogP contribution in [0.1, 0.15) is 12.7 Å². The van der Waals surface area contributed by atoms with Crippen LogP contribution in [-0.4, -0.2) is 27.0 Å². The summed E-state index contributed by atoms with van der Waals surface area (Å²) in [6.07, 6.45) is 0. The van der Waals surface area contributed by atoms with Crippen molar-refractivity contribution in [2.45, 2.75) is 13.5 Å². The van der Waals surface area contributed by atoms with E-state index >= 15 is 0 Å². The Morgan fingerprint density at radius 3 is 2.73 bits per heavy atom. The van der Waals surface area contributed by atoms with Crippen molar-refractivity contribution in [3.05, 3.63) is 65.7 Å². The smallest absolute Gasteiger partial charge is 0.148 e. The number of rotatable bonds is 3. The molecular weight excluding hydrogens is 338 g/mol. The lowest BCUT2D eigenvalue weighted by molar-refractivity contribution is 0.410. The summed E-state index contributed by atoms with van der Waals surface area (Å²) in [4.78, 5) is 5.78. The molecule has 26 heavy (non-hydrogen) atoms. The molecule has 2 aromatic carbocycles. The largest absolute Gasteiger partial charge is 0.509 e. The molecule has 7 heteroatoms. The molecule has 2 heterocycles. The Morgan fingerprint density at radius 2 is 1.96 bits per heavy atom. The highest BCUT2D eigenvalue weighted by atomic mass is 19.1. The normalized spacial score (nSPS) is 14.7. The number of nitrogens with one attached hydrogen (secondary N) is 1. The summed E-state index contributed by atoms with van der Waals surface area (Å²) in [5, 5.41) is 18.9. The fraction of sp³-hybridized carbons (Fsp3) is 0.158. The van der Waals surface area contributed by atoms with Crippen LogP contribution in [0.15, 0.2) is 48.2 Å². The molecule has 0 atom stereocenters. The molecule has 3 aromatic rings. The summed E-state index contributed by atoms with van der Waals surface area (Å²) in [7, 11) is 0. The van der Waals surface area contributed by atoms with Crippen LogP contribution in [0.4, 0.5) is 14.5 Å². The molecular formula is C19H16F2N4O. The van der Waals surface area contributed by atoms with Crippen LogP contribution >= 0.6 is 0 Å². The summed E-state index contributed by atoms with van der Waals surface area (Å²) >= 11 is 0. The van der Waals surface area contributed by atoms with Crippen LogP contribution in [0.2, 0.25) is 0 Å². The Bertz CT molecular complexity index is 1070. The Hall–Kier alpha value is -3.22. The van der Waals surface area contributed by atoms with Crippen LogP contribution in [0.5, 0.6) is 0 Å². The van der Waals surface area contributed by atoms with Gasteiger partial charge in [0.1, 0.15) is 29.1 Å². The van der Waals surface area contributed by atoms with Gasteiger partial charge in [-0.1, -0.05) is 12.1 Å². The summed E-state index contributed by atoms with van der Waals surface area (Å²) in [6, 6.07) is 10.6. The number of aryl methyl sites for hydroxylation is 1. The second-order valence-corrected chi connectivity index (χ2v) is 6.02. The Labute approximate surface area is 148 Å². The number of para-hydroxylation sites is 2. The van der Waals surface area contributed by atoms with Crippen molar-refractivity contribution in [2.24, 2.45) is 0 Å². The first kappa shape index (κ1) is 16.3. The fourth-order valence-electron chi connectivity index (χ4n) is 3.30. The molecule has 0 unspecified atom stereocenters. The van der Waals surface area contributed by atoms with E-state index in [0.717, 1.165) is 29.2 Å². The number of hydrogen-bond donors (Lipinski definition) is 2. The minimum Gasteiger partial charge on any atom is -0.509 e. The van der Waals surface area contributed by atoms with Gasteiger partial charge in [-0.3, -0.25) is 5.41 Å². The van der Waals surface area contributed by atoms with Gasteiger partial charge in [0, 0.05) is 12.6 Å². The highest BCUT2D eigenvalue weighted by Crippen LogP contribution is 2.33. The first-order valence-electron chi connectivity index (χ1n) is 8.20. The molecule has 0 fully saturated rings. The highest BCUT2D eigenvalue weighted by molar-refractivity contribution is 6.30. The maximum Gasteiger partial charge on any atom is 0.148 e. The van der Waals surface area contributed by atoms with Crippen molar-refractivity contribution in [1.29, 1.82) is 5.41 Å². The van der Waals surface area contributed by atoms with E-state index in [-0.39, 0.29) is 29.4 Å². The number of imidazole rings is 1. The van der Waals surface area contributed by atoms with Crippen molar-refractivity contribution in [2.75, 3.05) is 11.4 Å². The zero-order chi connectivity index (χ0) is 18.4. The van der Waals surface area contributed by atoms with Gasteiger partial charge in [-0.2, -0.15) is 0 Å². The lowest BCUT2D eigenvalue weighted by Crippen LogP contribution is -2.27. The summed E-state index contributed by atoms with van der Waals surface area (Å²) < 4.78 is 29.6. The molecule has 4 rings (SSSR count). The van der Waals surface area contributed by atoms with Crippen LogP contribution < -0.4 is 4.90 Å². The zero-order valence-electron chi connectivity index (χ0n) is 14.0. The second-order valence-electron chi connectivity index (χ2n) is 6.02. The fourth-order valence-corrected chi connectivity index (χ4v) is 3.30. The van der Waals surface area contributed by atoms with Crippen molar-refractivity contribution in [1.82, 2.24) is 9.55 Å². The number of aromatic nitrogens is 2. The maximum atomic E-state index is 14.1. The van der Waals surface area contributed by atoms with Gasteiger partial charge < -0.3 is 14.6 Å². The quantitative estimate of drug-likeness (QED) is 0.744. The molecule has 0 aliphatic carbocycles. The predicted octanol–water partition coefficient (Wildman–Crippen LogP) is 4.10. The van der Waals surface area contributed by atoms with E-state index in [2.05, 4.69) is 4.98 Å². The minimum atomic E-state index is -0.658. The summed E-state index contributed by atoms with van der Waals surface area (Å²) in [6.45, 7) is 2.42. The van der Waals surface area contributed by atoms with Crippen LogP contribution in [-0.2, 0) is 6.54 Å². The molecule has 0 spiro atoms. The predicted molar refractivity (Wildman–Crippen MR) is 96.4 cm³/mol. The summed E-state index contributed by atoms with van der Waals surface area (Å²) in [5.74, 6) is -1.03. The number of anilines is 1. The average Bonchev–Trinajstić information content (AvgIpc) is 3.13. The zero-order valence-corrected chi connectivity index (χ0v) is 14.0. The third-order valence-electron chi connectivity index (χ3n) is 4.50. The van der Waals surface area contributed by atoms with E-state index in [1.165, 1.54) is 4.90 Å². The molecule has 0 saturated carbocycles. The van der Waals surface area contributed by atoms with E-state index in [0.29, 0.717) is 12.4 Å². The Balaban J connectivity index is 1.82. The van der Waals surface area contributed by atoms with Crippen molar-refractivity contribution >= 4 is 28.1 Å². The van der Waals surface area contributed by atoms with Gasteiger partial charge in [0.25, 0.3) is 0 Å². The van der Waals surface area contributed by atoms with Gasteiger partial charge in [-0.05, 0) is 31.2 Å². The van der Waals surface area contributed by atoms with Crippen LogP contribution in [0.3, 0.4) is 0 Å². The molecule has 1 aliphatic heterocycles. The van der Waals surface area contributed by atoms with E-state index < -0.39 is 11.6 Å². The lowest BCUT2D eigenvalue weighted by atomic mass is 10.2. The molecule has 132 valence electrons. The Kier molecular flexibility index (Phi) is 3.72. The molecule has 0 bridgehead atoms. The van der Waals surface area contributed by atoms with E-state index in [9.17, 15) is 13.9 Å². The highest BCUT2D eigenvalue weighted by Gasteiger charge is 2.33. The molecule has 0 amide bonds. The number of aliphatic hydroxyl groups excluding tert-OH is 1. The molecule has 2 N–H and O–H groups in total. The third-order valence-corrected chi connectivity index (χ3v) is 4.50. The topological polar surface area (TPSA) is 65.1 Å². The van der Waals surface area contributed by atoms with Gasteiger partial charge >= 0.3 is 0 Å². The Morgan fingerprint density at radius 1 is 1.19 bits per heavy atom. The van der Waals surface area contributed by atoms with Crippen molar-refractivity contribution < 1.29 is 13.9 Å². The second kappa shape index (κ2) is 5.94. The van der Waals surface area contributed by atoms with Crippen molar-refractivity contribution in [3.8, 4) is 0 Å². The van der Waals surface area contributed by atoms with Gasteiger partial charge in [0.15, 0.2) is 0 Å². The molecule has 1 aliphatic rings. The number of fused-ring (bicyclic) bond motifs is 1. The van der Waals surface area contributed by atoms with Crippen LogP contribution in [0.25, 0.3) is 16.6 Å². The van der Waals surface area contributed by atoms with E-state index in [1.807, 2.05) is 35.8 Å². The van der Waals surface area contributed by atoms with Gasteiger partial charge in [0.2, 0.25) is 0 Å². The van der Waals surface area contributed by atoms with Gasteiger partial charge in [0.05, 0.1) is 28.8 Å². The number of hydrogen-bond acceptors (Lipinski definition) is 3. The summed E-state index contributed by atoms with van der Waals surface area (Å²) in [5.41, 5.74) is 1.77. The monoisotopic (exact) mass is 354 g/mol. The number of nitrogens with zero attached hydrogens (tertiary/aromatic N) is 3. The minimum absolute atomic E-state index is 0.0873. The van der Waals surface area contributed by atoms with E-state index in [1.54, 1.807) is 0 Å². The number of halogens is 2. The average molecular weight is 354 g/mol. The van der Waals surface area contributed by atoms with Gasteiger partial charge in [-0.15, -0.1) is 0 Å². The number of aliphatic hydroxyl groups is 1. The van der Waals surface area contributed by atoms with E-state index in [4.69, 9.17) is 5.41 Å². The lowest BCUT2D eigenvalue weighted by Gasteiger charge is -2.19. The van der Waals surface area contributed by atoms with Gasteiger partial charge in [-0.25, -0.2) is 13.8 Å². The third kappa shape index (κ3) is 2.35. The molecule has 1 aromatic heterocycles. The number of benzene rings is 2. The van der Waals surface area contributed by atoms with Crippen LogP contribution in [0, 0.1) is 17.0 Å². The molecule has 0 radical (unpaired) electrons. The molecule has 5 nitrogen and oxygen atoms in total. The first-order chi connectivity index (χ1) is 12.5. The SMILES string of the molecule is CCn1c(C2=C(O)CN(c3cc(F)ccc3F)C2=N)nc2ccccc21. The standard InChI is InChI=1S/C19H16F2N4O/c1-2-24-14-6-4-3-5-13(14)23-19(24)17-16(26)10-25(18(17)22)15-9-11(20)7-8-12(15)21/h3-9,22,26H,2,10H2,1H3.